The number of hydrogen-bond acceptors (Lipinski definition) is 3. The normalized spacial score (nSPS) is 18.9. The van der Waals surface area contributed by atoms with Crippen LogP contribution in [0.25, 0.3) is 0 Å². The molecule has 6 nitrogen and oxygen atoms in total. The van der Waals surface area contributed by atoms with Crippen LogP contribution in [0.15, 0.2) is 36.4 Å². The summed E-state index contributed by atoms with van der Waals surface area (Å²) in [4.78, 5) is 38.6. The topological polar surface area (TPSA) is 78.5 Å². The van der Waals surface area contributed by atoms with Gasteiger partial charge in [-0.25, -0.2) is 13.6 Å². The van der Waals surface area contributed by atoms with E-state index in [4.69, 9.17) is 23.2 Å². The zero-order chi connectivity index (χ0) is 24.3. The van der Waals surface area contributed by atoms with Crippen LogP contribution in [0.2, 0.25) is 10.0 Å². The summed E-state index contributed by atoms with van der Waals surface area (Å²) in [5.41, 5.74) is -1.32. The Balaban J connectivity index is 1.70. The van der Waals surface area contributed by atoms with Crippen molar-refractivity contribution in [2.75, 3.05) is 13.1 Å². The van der Waals surface area contributed by atoms with E-state index in [1.165, 1.54) is 6.92 Å². The maximum absolute atomic E-state index is 14.3. The minimum Gasteiger partial charge on any atom is -0.354 e. The Morgan fingerprint density at radius 2 is 1.91 bits per heavy atom. The highest BCUT2D eigenvalue weighted by molar-refractivity contribution is 6.35. The lowest BCUT2D eigenvalue weighted by Crippen LogP contribution is -2.44. The van der Waals surface area contributed by atoms with Crippen LogP contribution in [0, 0.1) is 11.6 Å². The van der Waals surface area contributed by atoms with Crippen molar-refractivity contribution < 1.29 is 23.2 Å². The van der Waals surface area contributed by atoms with Gasteiger partial charge in [-0.1, -0.05) is 42.6 Å². The second kappa shape index (κ2) is 10.1. The number of hydrogen-bond donors (Lipinski definition) is 2. The van der Waals surface area contributed by atoms with Gasteiger partial charge >= 0.3 is 6.03 Å². The number of carbonyl (C=O) groups excluding carboxylic acids is 3. The second-order valence-corrected chi connectivity index (χ2v) is 8.87. The molecule has 1 fully saturated rings. The van der Waals surface area contributed by atoms with E-state index in [-0.39, 0.29) is 18.0 Å². The molecule has 10 heteroatoms. The largest absolute Gasteiger partial charge is 0.354 e. The number of amides is 4. The van der Waals surface area contributed by atoms with Gasteiger partial charge < -0.3 is 10.6 Å². The molecule has 0 radical (unpaired) electrons. The van der Waals surface area contributed by atoms with Gasteiger partial charge in [0.05, 0.1) is 0 Å². The summed E-state index contributed by atoms with van der Waals surface area (Å²) in [7, 11) is 0. The van der Waals surface area contributed by atoms with Gasteiger partial charge in [0.1, 0.15) is 23.7 Å². The first-order valence-electron chi connectivity index (χ1n) is 10.4. The Morgan fingerprint density at radius 3 is 2.58 bits per heavy atom. The second-order valence-electron chi connectivity index (χ2n) is 8.03. The Morgan fingerprint density at radius 1 is 1.18 bits per heavy atom. The molecule has 2 unspecified atom stereocenters. The maximum atomic E-state index is 14.3. The summed E-state index contributed by atoms with van der Waals surface area (Å²) in [6, 6.07) is 6.91. The van der Waals surface area contributed by atoms with Gasteiger partial charge in [0, 0.05) is 28.1 Å². The summed E-state index contributed by atoms with van der Waals surface area (Å²) >= 11 is 12.3. The molecule has 2 aromatic carbocycles. The molecule has 0 aliphatic carbocycles. The van der Waals surface area contributed by atoms with Gasteiger partial charge in [-0.2, -0.15) is 0 Å². The van der Waals surface area contributed by atoms with Crippen LogP contribution in [-0.2, 0) is 15.1 Å². The molecule has 2 aromatic rings. The zero-order valence-electron chi connectivity index (χ0n) is 18.1. The van der Waals surface area contributed by atoms with Crippen molar-refractivity contribution in [3.05, 3.63) is 69.2 Å². The van der Waals surface area contributed by atoms with Crippen LogP contribution in [0.3, 0.4) is 0 Å². The third kappa shape index (κ3) is 5.28. The molecule has 1 saturated heterocycles. The molecule has 3 rings (SSSR count). The Bertz CT molecular complexity index is 1100. The van der Waals surface area contributed by atoms with Crippen molar-refractivity contribution >= 4 is 41.0 Å². The Hall–Kier alpha value is -2.71. The van der Waals surface area contributed by atoms with E-state index in [1.807, 2.05) is 6.92 Å². The quantitative estimate of drug-likeness (QED) is 0.517. The van der Waals surface area contributed by atoms with E-state index in [0.717, 1.165) is 36.6 Å². The van der Waals surface area contributed by atoms with Crippen LogP contribution < -0.4 is 10.6 Å². The molecule has 0 spiro atoms. The van der Waals surface area contributed by atoms with E-state index in [1.54, 1.807) is 18.2 Å². The Kier molecular flexibility index (Phi) is 7.59. The van der Waals surface area contributed by atoms with Crippen LogP contribution >= 0.6 is 23.2 Å². The van der Waals surface area contributed by atoms with Crippen molar-refractivity contribution in [3.63, 3.8) is 0 Å². The van der Waals surface area contributed by atoms with E-state index >= 15 is 0 Å². The minimum atomic E-state index is -1.83. The lowest BCUT2D eigenvalue weighted by Gasteiger charge is -2.23. The average molecular weight is 498 g/mol. The predicted molar refractivity (Wildman–Crippen MR) is 121 cm³/mol. The summed E-state index contributed by atoms with van der Waals surface area (Å²) in [6.07, 6.45) is 1.58. The lowest BCUT2D eigenvalue weighted by molar-refractivity contribution is -0.134. The molecular formula is C23H23Cl2F2N3O3. The van der Waals surface area contributed by atoms with Crippen molar-refractivity contribution in [1.82, 2.24) is 15.5 Å². The molecule has 0 bridgehead atoms. The van der Waals surface area contributed by atoms with Gasteiger partial charge in [0.25, 0.3) is 5.91 Å². The maximum Gasteiger partial charge on any atom is 0.325 e. The number of nitrogens with zero attached hydrogens (tertiary/aromatic N) is 1. The fraction of sp³-hybridized carbons (Fsp3) is 0.348. The number of halogens is 4. The number of urea groups is 1. The van der Waals surface area contributed by atoms with Gasteiger partial charge in [-0.3, -0.25) is 14.5 Å². The summed E-state index contributed by atoms with van der Waals surface area (Å²) in [6.45, 7) is 2.93. The monoisotopic (exact) mass is 497 g/mol. The van der Waals surface area contributed by atoms with Crippen LogP contribution in [0.1, 0.15) is 43.7 Å². The first-order chi connectivity index (χ1) is 15.6. The van der Waals surface area contributed by atoms with Crippen LogP contribution in [0.5, 0.6) is 0 Å². The fourth-order valence-electron chi connectivity index (χ4n) is 3.89. The third-order valence-electron chi connectivity index (χ3n) is 5.63. The molecule has 2 N–H and O–H groups in total. The van der Waals surface area contributed by atoms with Crippen molar-refractivity contribution in [2.45, 2.75) is 38.1 Å². The molecule has 1 heterocycles. The highest BCUT2D eigenvalue weighted by atomic mass is 35.5. The van der Waals surface area contributed by atoms with E-state index in [2.05, 4.69) is 10.6 Å². The molecule has 2 atom stereocenters. The van der Waals surface area contributed by atoms with Crippen molar-refractivity contribution in [1.29, 1.82) is 0 Å². The molecule has 0 saturated carbocycles. The molecule has 33 heavy (non-hydrogen) atoms. The van der Waals surface area contributed by atoms with Crippen molar-refractivity contribution in [3.8, 4) is 0 Å². The smallest absolute Gasteiger partial charge is 0.325 e. The molecule has 0 aromatic heterocycles. The summed E-state index contributed by atoms with van der Waals surface area (Å²) < 4.78 is 27.9. The number of benzene rings is 2. The van der Waals surface area contributed by atoms with Gasteiger partial charge in [-0.05, 0) is 49.2 Å². The molecule has 1 aliphatic heterocycles. The molecule has 1 aliphatic rings. The van der Waals surface area contributed by atoms with E-state index < -0.39 is 41.6 Å². The zero-order valence-corrected chi connectivity index (χ0v) is 19.6. The van der Waals surface area contributed by atoms with Crippen LogP contribution in [0.4, 0.5) is 13.6 Å². The molecule has 176 valence electrons. The third-order valence-corrected chi connectivity index (χ3v) is 6.19. The first kappa shape index (κ1) is 24.9. The predicted octanol–water partition coefficient (Wildman–Crippen LogP) is 4.74. The highest BCUT2D eigenvalue weighted by Gasteiger charge is 2.50. The average Bonchev–Trinajstić information content (AvgIpc) is 2.97. The van der Waals surface area contributed by atoms with E-state index in [9.17, 15) is 23.2 Å². The SMILES string of the molecule is CCCC(CNC(=O)CN1C(=O)NC(C)(c2cc(F)ccc2F)C1=O)c1ccc(Cl)cc1Cl. The molecule has 4 amide bonds. The van der Waals surface area contributed by atoms with Crippen LogP contribution in [-0.4, -0.2) is 35.8 Å². The lowest BCUT2D eigenvalue weighted by atomic mass is 9.91. The summed E-state index contributed by atoms with van der Waals surface area (Å²) in [5, 5.41) is 6.07. The molecular weight excluding hydrogens is 475 g/mol. The van der Waals surface area contributed by atoms with Gasteiger partial charge in [0.15, 0.2) is 0 Å². The minimum absolute atomic E-state index is 0.0986. The fourth-order valence-corrected chi connectivity index (χ4v) is 4.45. The first-order valence-corrected chi connectivity index (χ1v) is 11.1. The number of rotatable bonds is 8. The highest BCUT2D eigenvalue weighted by Crippen LogP contribution is 2.32. The van der Waals surface area contributed by atoms with Gasteiger partial charge in [0.2, 0.25) is 5.91 Å². The number of imide groups is 1. The van der Waals surface area contributed by atoms with E-state index in [0.29, 0.717) is 14.9 Å². The van der Waals surface area contributed by atoms with Crippen molar-refractivity contribution in [2.24, 2.45) is 0 Å². The number of nitrogens with one attached hydrogen (secondary N) is 2. The summed E-state index contributed by atoms with van der Waals surface area (Å²) in [5.74, 6) is -3.13. The number of carbonyl (C=O) groups is 3. The van der Waals surface area contributed by atoms with Gasteiger partial charge in [-0.15, -0.1) is 0 Å². The standard InChI is InChI=1S/C23H23Cl2F2N3O3/c1-3-4-13(16-7-5-14(24)9-18(16)25)11-28-20(31)12-30-21(32)23(2,29-22(30)33)17-10-15(26)6-8-19(17)27/h5-10,13H,3-4,11-12H2,1-2H3,(H,28,31)(H,29,33). The Labute approximate surface area is 200 Å².